The lowest BCUT2D eigenvalue weighted by Gasteiger charge is -2.27. The summed E-state index contributed by atoms with van der Waals surface area (Å²) in [5, 5.41) is 3.93. The van der Waals surface area contributed by atoms with Gasteiger partial charge in [-0.2, -0.15) is 0 Å². The predicted octanol–water partition coefficient (Wildman–Crippen LogP) is 5.22. The van der Waals surface area contributed by atoms with Crippen LogP contribution in [0.15, 0.2) is 48.6 Å². The highest BCUT2D eigenvalue weighted by molar-refractivity contribution is 9.09. The molecule has 2 aliphatic carbocycles. The third-order valence-corrected chi connectivity index (χ3v) is 4.75. The summed E-state index contributed by atoms with van der Waals surface area (Å²) in [6, 6.07) is 11.3. The van der Waals surface area contributed by atoms with Gasteiger partial charge in [-0.05, 0) is 45.9 Å². The van der Waals surface area contributed by atoms with Crippen molar-refractivity contribution in [2.24, 2.45) is 0 Å². The van der Waals surface area contributed by atoms with Crippen LogP contribution in [0.3, 0.4) is 0 Å². The van der Waals surface area contributed by atoms with E-state index < -0.39 is 0 Å². The number of hydrogen-bond acceptors (Lipinski definition) is 0. The first-order valence-corrected chi connectivity index (χ1v) is 8.00. The SMILES string of the molecule is BrCCC1C=C2C=CCc3ccc4cccc1c4c32. The first kappa shape index (κ1) is 11.5. The van der Waals surface area contributed by atoms with Gasteiger partial charge in [0.2, 0.25) is 0 Å². The standard InChI is InChI=1S/C18H15Br/c19-10-9-14-11-15-5-1-3-12-7-8-13-4-2-6-16(14)18(13)17(12)15/h1-2,4-8,11,14H,3,9-10H2. The van der Waals surface area contributed by atoms with Gasteiger partial charge in [-0.25, -0.2) is 0 Å². The zero-order valence-corrected chi connectivity index (χ0v) is 12.3. The van der Waals surface area contributed by atoms with E-state index in [1.807, 2.05) is 0 Å². The summed E-state index contributed by atoms with van der Waals surface area (Å²) in [5.41, 5.74) is 5.90. The molecule has 0 saturated carbocycles. The van der Waals surface area contributed by atoms with Crippen molar-refractivity contribution in [1.82, 2.24) is 0 Å². The summed E-state index contributed by atoms with van der Waals surface area (Å²) in [6.07, 6.45) is 9.29. The van der Waals surface area contributed by atoms with E-state index >= 15 is 0 Å². The topological polar surface area (TPSA) is 0 Å². The Morgan fingerprint density at radius 3 is 3.00 bits per heavy atom. The number of rotatable bonds is 2. The quantitative estimate of drug-likeness (QED) is 0.667. The molecular weight excluding hydrogens is 296 g/mol. The van der Waals surface area contributed by atoms with Gasteiger partial charge in [0.1, 0.15) is 0 Å². The van der Waals surface area contributed by atoms with E-state index in [1.165, 1.54) is 39.5 Å². The maximum Gasteiger partial charge on any atom is 0.00414 e. The lowest BCUT2D eigenvalue weighted by molar-refractivity contribution is 0.822. The van der Waals surface area contributed by atoms with E-state index in [0.717, 1.165) is 11.8 Å². The smallest absolute Gasteiger partial charge is 0.00414 e. The summed E-state index contributed by atoms with van der Waals surface area (Å²) in [4.78, 5) is 0. The maximum absolute atomic E-state index is 3.60. The molecule has 2 aromatic carbocycles. The zero-order valence-electron chi connectivity index (χ0n) is 10.7. The molecule has 0 spiro atoms. The van der Waals surface area contributed by atoms with Crippen molar-refractivity contribution >= 4 is 32.3 Å². The molecule has 19 heavy (non-hydrogen) atoms. The van der Waals surface area contributed by atoms with Gasteiger partial charge in [0.05, 0.1) is 0 Å². The highest BCUT2D eigenvalue weighted by Gasteiger charge is 2.23. The van der Waals surface area contributed by atoms with Crippen molar-refractivity contribution in [2.75, 3.05) is 5.33 Å². The number of halogens is 1. The van der Waals surface area contributed by atoms with Crippen LogP contribution in [0.1, 0.15) is 29.0 Å². The molecule has 2 aromatic rings. The number of hydrogen-bond donors (Lipinski definition) is 0. The second-order valence-corrected chi connectivity index (χ2v) is 6.15. The molecule has 0 amide bonds. The number of benzene rings is 2. The fraction of sp³-hybridized carbons (Fsp3) is 0.222. The molecule has 0 aromatic heterocycles. The molecule has 1 heteroatoms. The van der Waals surface area contributed by atoms with Crippen LogP contribution in [0.5, 0.6) is 0 Å². The summed E-state index contributed by atoms with van der Waals surface area (Å²) in [7, 11) is 0. The molecule has 94 valence electrons. The molecule has 0 aliphatic heterocycles. The van der Waals surface area contributed by atoms with Gasteiger partial charge < -0.3 is 0 Å². The molecule has 0 fully saturated rings. The van der Waals surface area contributed by atoms with Crippen molar-refractivity contribution in [3.05, 3.63) is 65.3 Å². The first-order valence-electron chi connectivity index (χ1n) is 6.87. The van der Waals surface area contributed by atoms with E-state index in [9.17, 15) is 0 Å². The largest absolute Gasteiger partial charge is 0.0928 e. The van der Waals surface area contributed by atoms with Crippen LogP contribution in [0.4, 0.5) is 0 Å². The van der Waals surface area contributed by atoms with E-state index in [2.05, 4.69) is 64.5 Å². The Morgan fingerprint density at radius 1 is 1.16 bits per heavy atom. The fourth-order valence-electron chi connectivity index (χ4n) is 3.46. The van der Waals surface area contributed by atoms with E-state index in [-0.39, 0.29) is 0 Å². The highest BCUT2D eigenvalue weighted by atomic mass is 79.9. The lowest BCUT2D eigenvalue weighted by atomic mass is 9.77. The lowest BCUT2D eigenvalue weighted by Crippen LogP contribution is -2.09. The molecule has 1 atom stereocenters. The van der Waals surface area contributed by atoms with Crippen LogP contribution in [-0.2, 0) is 6.42 Å². The Bertz CT molecular complexity index is 722. The molecule has 4 rings (SSSR count). The molecule has 0 N–H and O–H groups in total. The van der Waals surface area contributed by atoms with Gasteiger partial charge in [-0.15, -0.1) is 0 Å². The van der Waals surface area contributed by atoms with Crippen molar-refractivity contribution in [3.63, 3.8) is 0 Å². The molecule has 0 saturated heterocycles. The van der Waals surface area contributed by atoms with Crippen LogP contribution >= 0.6 is 15.9 Å². The molecule has 0 radical (unpaired) electrons. The van der Waals surface area contributed by atoms with Crippen molar-refractivity contribution < 1.29 is 0 Å². The predicted molar refractivity (Wildman–Crippen MR) is 85.9 cm³/mol. The molecule has 0 heterocycles. The molecule has 1 unspecified atom stereocenters. The second-order valence-electron chi connectivity index (χ2n) is 5.36. The number of allylic oxidation sites excluding steroid dienone is 4. The second kappa shape index (κ2) is 4.35. The summed E-state index contributed by atoms with van der Waals surface area (Å²) >= 11 is 3.60. The van der Waals surface area contributed by atoms with Crippen molar-refractivity contribution in [1.29, 1.82) is 0 Å². The minimum absolute atomic E-state index is 0.545. The van der Waals surface area contributed by atoms with Crippen molar-refractivity contribution in [2.45, 2.75) is 18.8 Å². The Labute approximate surface area is 122 Å². The molecule has 0 bridgehead atoms. The normalized spacial score (nSPS) is 19.6. The van der Waals surface area contributed by atoms with Gasteiger partial charge in [0.25, 0.3) is 0 Å². The van der Waals surface area contributed by atoms with Crippen LogP contribution < -0.4 is 0 Å². The first-order chi connectivity index (χ1) is 9.38. The third kappa shape index (κ3) is 1.64. The maximum atomic E-state index is 3.60. The van der Waals surface area contributed by atoms with Crippen LogP contribution in [-0.4, -0.2) is 5.33 Å². The van der Waals surface area contributed by atoms with Crippen LogP contribution in [0.25, 0.3) is 16.3 Å². The van der Waals surface area contributed by atoms with Gasteiger partial charge in [-0.3, -0.25) is 0 Å². The van der Waals surface area contributed by atoms with E-state index in [1.54, 1.807) is 0 Å². The average molecular weight is 311 g/mol. The minimum Gasteiger partial charge on any atom is -0.0928 e. The molecular formula is C18H15Br. The Morgan fingerprint density at radius 2 is 2.11 bits per heavy atom. The zero-order chi connectivity index (χ0) is 12.8. The third-order valence-electron chi connectivity index (χ3n) is 4.29. The highest BCUT2D eigenvalue weighted by Crippen LogP contribution is 2.43. The Hall–Kier alpha value is -1.34. The van der Waals surface area contributed by atoms with Crippen LogP contribution in [0.2, 0.25) is 0 Å². The number of alkyl halides is 1. The summed E-state index contributed by atoms with van der Waals surface area (Å²) in [5.74, 6) is 0.545. The van der Waals surface area contributed by atoms with Crippen LogP contribution in [0, 0.1) is 0 Å². The van der Waals surface area contributed by atoms with E-state index in [0.29, 0.717) is 5.92 Å². The minimum atomic E-state index is 0.545. The van der Waals surface area contributed by atoms with Gasteiger partial charge in [0, 0.05) is 11.2 Å². The molecule has 2 aliphatic rings. The Balaban J connectivity index is 2.09. The molecule has 0 nitrogen and oxygen atoms in total. The van der Waals surface area contributed by atoms with Gasteiger partial charge in [0.15, 0.2) is 0 Å². The summed E-state index contributed by atoms with van der Waals surface area (Å²) in [6.45, 7) is 0. The van der Waals surface area contributed by atoms with Crippen molar-refractivity contribution in [3.8, 4) is 0 Å². The van der Waals surface area contributed by atoms with Gasteiger partial charge >= 0.3 is 0 Å². The Kier molecular flexibility index (Phi) is 2.63. The average Bonchev–Trinajstić information content (AvgIpc) is 2.46. The van der Waals surface area contributed by atoms with E-state index in [4.69, 9.17) is 0 Å². The monoisotopic (exact) mass is 310 g/mol. The van der Waals surface area contributed by atoms with Gasteiger partial charge in [-0.1, -0.05) is 64.5 Å². The summed E-state index contributed by atoms with van der Waals surface area (Å²) < 4.78 is 0. The fourth-order valence-corrected chi connectivity index (χ4v) is 3.95.